The Morgan fingerprint density at radius 1 is 0.727 bits per heavy atom. The summed E-state index contributed by atoms with van der Waals surface area (Å²) < 4.78 is 0. The molecular formula is C45H62N4O6. The van der Waals surface area contributed by atoms with Crippen molar-refractivity contribution in [2.75, 3.05) is 10.6 Å². The van der Waals surface area contributed by atoms with E-state index in [1.807, 2.05) is 31.2 Å². The first-order valence-electron chi connectivity index (χ1n) is 20.6. The Hall–Kier alpha value is -4.05. The molecule has 10 heteroatoms. The number of anilines is 2. The molecule has 4 amide bonds. The second-order valence-electron chi connectivity index (χ2n) is 18.6. The van der Waals surface area contributed by atoms with Crippen LogP contribution in [0.5, 0.6) is 0 Å². The Bertz CT molecular complexity index is 1860. The quantitative estimate of drug-likeness (QED) is 0.148. The number of aliphatic carboxylic acids is 1. The van der Waals surface area contributed by atoms with Gasteiger partial charge in [0.2, 0.25) is 23.6 Å². The van der Waals surface area contributed by atoms with Gasteiger partial charge in [-0.1, -0.05) is 66.5 Å². The topological polar surface area (TPSA) is 168 Å². The Labute approximate surface area is 326 Å². The standard InChI is InChI=1S/C45H62N4O6/c1-27(2)9-19-37(50)47-30-14-10-28-12-17-35-42(3,32(28)25-30)21-7-23-44(35,5)40(54)49-41(55)45(6)24-8-22-43(4)33-26-31(15-11-29(33)13-18-36(43)45)48-39(53)34(46)16-20-38(51)52/h10-11,14-15,25-27,34-36H,7-9,12-13,16-24,46H2,1-6H3,(H,47,50)(H,48,53)(H,51,52)(H,49,54,55)/t34-,35+,36+,42+,43+,44-,45-/m0/s1. The molecule has 10 nitrogen and oxygen atoms in total. The zero-order valence-electron chi connectivity index (χ0n) is 33.7. The average molecular weight is 755 g/mol. The zero-order valence-corrected chi connectivity index (χ0v) is 33.7. The van der Waals surface area contributed by atoms with Crippen molar-refractivity contribution in [3.05, 3.63) is 58.7 Å². The zero-order chi connectivity index (χ0) is 39.9. The number of benzene rings is 2. The SMILES string of the molecule is CC(C)CCC(=O)Nc1ccc2c(c1)[C@@]1(C)CCC[C@](C)(C(=O)NC(=O)[C@@]3(C)CCC[C@]4(C)c5cc(NC(=O)[C@@H](N)CCC(=O)O)ccc5CC[C@@H]34)[C@@H]1CC2. The number of carbonyl (C=O) groups excluding carboxylic acids is 4. The summed E-state index contributed by atoms with van der Waals surface area (Å²) in [5, 5.41) is 18.1. The van der Waals surface area contributed by atoms with Crippen LogP contribution in [0.4, 0.5) is 11.4 Å². The molecule has 2 saturated carbocycles. The molecular weight excluding hydrogens is 693 g/mol. The maximum absolute atomic E-state index is 14.6. The van der Waals surface area contributed by atoms with Gasteiger partial charge in [0.1, 0.15) is 0 Å². The maximum Gasteiger partial charge on any atom is 0.303 e. The van der Waals surface area contributed by atoms with Crippen LogP contribution >= 0.6 is 0 Å². The van der Waals surface area contributed by atoms with Crippen molar-refractivity contribution in [1.29, 1.82) is 0 Å². The van der Waals surface area contributed by atoms with E-state index in [2.05, 4.69) is 62.7 Å². The summed E-state index contributed by atoms with van der Waals surface area (Å²) in [6.45, 7) is 12.8. The van der Waals surface area contributed by atoms with Gasteiger partial charge in [-0.25, -0.2) is 0 Å². The summed E-state index contributed by atoms with van der Waals surface area (Å²) in [6, 6.07) is 11.3. The van der Waals surface area contributed by atoms with Crippen LogP contribution in [0, 0.1) is 28.6 Å². The molecule has 0 bridgehead atoms. The van der Waals surface area contributed by atoms with Gasteiger partial charge in [0.15, 0.2) is 0 Å². The van der Waals surface area contributed by atoms with E-state index in [4.69, 9.17) is 10.8 Å². The summed E-state index contributed by atoms with van der Waals surface area (Å²) in [5.74, 6) is -1.30. The second kappa shape index (κ2) is 15.5. The van der Waals surface area contributed by atoms with Gasteiger partial charge in [-0.2, -0.15) is 0 Å². The highest BCUT2D eigenvalue weighted by Crippen LogP contribution is 2.59. The van der Waals surface area contributed by atoms with Crippen molar-refractivity contribution in [3.8, 4) is 0 Å². The minimum absolute atomic E-state index is 0.0158. The molecule has 0 aromatic heterocycles. The molecule has 6 N–H and O–H groups in total. The van der Waals surface area contributed by atoms with E-state index >= 15 is 0 Å². The van der Waals surface area contributed by atoms with Gasteiger partial charge in [0.05, 0.1) is 16.9 Å². The Morgan fingerprint density at radius 2 is 1.22 bits per heavy atom. The lowest BCUT2D eigenvalue weighted by Gasteiger charge is -2.56. The van der Waals surface area contributed by atoms with E-state index in [0.717, 1.165) is 69.0 Å². The molecule has 0 saturated heterocycles. The third-order valence-electron chi connectivity index (χ3n) is 14.5. The Kier molecular flexibility index (Phi) is 11.4. The number of amides is 4. The predicted octanol–water partition coefficient (Wildman–Crippen LogP) is 7.56. The van der Waals surface area contributed by atoms with Crippen LogP contribution in [-0.4, -0.2) is 40.7 Å². The van der Waals surface area contributed by atoms with E-state index in [0.29, 0.717) is 30.9 Å². The van der Waals surface area contributed by atoms with Crippen molar-refractivity contribution in [2.24, 2.45) is 34.3 Å². The number of carboxylic acid groups (broad SMARTS) is 1. The van der Waals surface area contributed by atoms with Gasteiger partial charge < -0.3 is 21.5 Å². The second-order valence-corrected chi connectivity index (χ2v) is 18.6. The van der Waals surface area contributed by atoms with Crippen LogP contribution in [-0.2, 0) is 47.6 Å². The Morgan fingerprint density at radius 3 is 1.69 bits per heavy atom. The summed E-state index contributed by atoms with van der Waals surface area (Å²) in [5.41, 5.74) is 10.1. The summed E-state index contributed by atoms with van der Waals surface area (Å²) in [6.07, 6.45) is 9.42. The molecule has 2 aromatic rings. The number of nitrogens with two attached hydrogens (primary N) is 1. The Balaban J connectivity index is 1.19. The highest BCUT2D eigenvalue weighted by Gasteiger charge is 2.58. The lowest BCUT2D eigenvalue weighted by molar-refractivity contribution is -0.150. The molecule has 298 valence electrons. The van der Waals surface area contributed by atoms with Crippen molar-refractivity contribution < 1.29 is 29.1 Å². The predicted molar refractivity (Wildman–Crippen MR) is 214 cm³/mol. The van der Waals surface area contributed by atoms with E-state index in [9.17, 15) is 24.0 Å². The molecule has 7 atom stereocenters. The summed E-state index contributed by atoms with van der Waals surface area (Å²) in [7, 11) is 0. The molecule has 4 aliphatic carbocycles. The minimum atomic E-state index is -0.998. The van der Waals surface area contributed by atoms with Gasteiger partial charge in [-0.3, -0.25) is 29.3 Å². The van der Waals surface area contributed by atoms with Crippen LogP contribution in [0.15, 0.2) is 36.4 Å². The fourth-order valence-corrected chi connectivity index (χ4v) is 11.3. The molecule has 0 heterocycles. The number of rotatable bonds is 11. The van der Waals surface area contributed by atoms with E-state index in [1.54, 1.807) is 0 Å². The molecule has 0 radical (unpaired) electrons. The van der Waals surface area contributed by atoms with Crippen molar-refractivity contribution in [2.45, 2.75) is 148 Å². The number of hydrogen-bond donors (Lipinski definition) is 5. The molecule has 2 fully saturated rings. The molecule has 6 rings (SSSR count). The monoisotopic (exact) mass is 754 g/mol. The third-order valence-corrected chi connectivity index (χ3v) is 14.5. The summed E-state index contributed by atoms with van der Waals surface area (Å²) in [4.78, 5) is 65.8. The van der Waals surface area contributed by atoms with Gasteiger partial charge >= 0.3 is 5.97 Å². The normalized spacial score (nSPS) is 30.1. The van der Waals surface area contributed by atoms with E-state index in [-0.39, 0.29) is 53.2 Å². The third kappa shape index (κ3) is 7.72. The largest absolute Gasteiger partial charge is 0.481 e. The minimum Gasteiger partial charge on any atom is -0.481 e. The van der Waals surface area contributed by atoms with Crippen LogP contribution in [0.1, 0.15) is 141 Å². The number of imide groups is 1. The molecule has 0 spiro atoms. The van der Waals surface area contributed by atoms with Crippen molar-refractivity contribution >= 4 is 41.0 Å². The van der Waals surface area contributed by atoms with Crippen LogP contribution in [0.25, 0.3) is 0 Å². The molecule has 0 unspecified atom stereocenters. The van der Waals surface area contributed by atoms with E-state index in [1.165, 1.54) is 16.7 Å². The fraction of sp³-hybridized carbons (Fsp3) is 0.622. The van der Waals surface area contributed by atoms with Gasteiger partial charge in [0, 0.05) is 24.2 Å². The van der Waals surface area contributed by atoms with Gasteiger partial charge in [0.25, 0.3) is 0 Å². The number of carbonyl (C=O) groups is 5. The first kappa shape index (κ1) is 40.6. The highest BCUT2D eigenvalue weighted by atomic mass is 16.4. The number of carboxylic acids is 1. The highest BCUT2D eigenvalue weighted by molar-refractivity contribution is 6.01. The molecule has 0 aliphatic heterocycles. The maximum atomic E-state index is 14.6. The first-order chi connectivity index (χ1) is 25.9. The molecule has 2 aromatic carbocycles. The van der Waals surface area contributed by atoms with Crippen LogP contribution < -0.4 is 21.7 Å². The number of fused-ring (bicyclic) bond motifs is 6. The lowest BCUT2D eigenvalue weighted by atomic mass is 9.49. The van der Waals surface area contributed by atoms with Crippen molar-refractivity contribution in [3.63, 3.8) is 0 Å². The van der Waals surface area contributed by atoms with E-state index < -0.39 is 28.7 Å². The summed E-state index contributed by atoms with van der Waals surface area (Å²) >= 11 is 0. The first-order valence-corrected chi connectivity index (χ1v) is 20.6. The number of hydrogen-bond acceptors (Lipinski definition) is 6. The number of nitrogens with one attached hydrogen (secondary N) is 3. The van der Waals surface area contributed by atoms with Gasteiger partial charge in [-0.05, 0) is 139 Å². The average Bonchev–Trinajstić information content (AvgIpc) is 3.13. The van der Waals surface area contributed by atoms with Gasteiger partial charge in [-0.15, -0.1) is 0 Å². The smallest absolute Gasteiger partial charge is 0.303 e. The van der Waals surface area contributed by atoms with Crippen LogP contribution in [0.3, 0.4) is 0 Å². The molecule has 55 heavy (non-hydrogen) atoms. The lowest BCUT2D eigenvalue weighted by Crippen LogP contribution is -2.60. The number of aryl methyl sites for hydroxylation is 2. The molecule has 4 aliphatic rings. The van der Waals surface area contributed by atoms with Crippen LogP contribution in [0.2, 0.25) is 0 Å². The fourth-order valence-electron chi connectivity index (χ4n) is 11.3. The van der Waals surface area contributed by atoms with Crippen molar-refractivity contribution in [1.82, 2.24) is 5.32 Å².